The van der Waals surface area contributed by atoms with Gasteiger partial charge in [0.2, 0.25) is 0 Å². The van der Waals surface area contributed by atoms with Gasteiger partial charge in [-0.3, -0.25) is 4.79 Å². The molecule has 0 bridgehead atoms. The van der Waals surface area contributed by atoms with Crippen LogP contribution < -0.4 is 11.1 Å². The molecule has 0 aromatic rings. The number of nitrogens with one attached hydrogen (secondary N) is 1. The van der Waals surface area contributed by atoms with E-state index in [1.807, 2.05) is 0 Å². The van der Waals surface area contributed by atoms with E-state index in [1.54, 1.807) is 7.05 Å². The molecule has 0 aromatic heterocycles. The predicted octanol–water partition coefficient (Wildman–Crippen LogP) is -0.124. The van der Waals surface area contributed by atoms with Gasteiger partial charge in [0.05, 0.1) is 7.11 Å². The average Bonchev–Trinajstić information content (AvgIpc) is 2.11. The van der Waals surface area contributed by atoms with Crippen LogP contribution in [-0.2, 0) is 9.53 Å². The van der Waals surface area contributed by atoms with E-state index in [2.05, 4.69) is 10.1 Å². The third-order valence-corrected chi connectivity index (χ3v) is 1.78. The van der Waals surface area contributed by atoms with Gasteiger partial charge in [0.15, 0.2) is 0 Å². The molecule has 1 atom stereocenters. The predicted molar refractivity (Wildman–Crippen MR) is 47.8 cm³/mol. The lowest BCUT2D eigenvalue weighted by Crippen LogP contribution is -2.34. The molecule has 0 amide bonds. The number of hydrogen-bond donors (Lipinski definition) is 2. The molecule has 0 aliphatic heterocycles. The number of nitrogens with two attached hydrogens (primary N) is 1. The summed E-state index contributed by atoms with van der Waals surface area (Å²) in [7, 11) is 3.15. The number of carbonyl (C=O) groups is 1. The van der Waals surface area contributed by atoms with Crippen molar-refractivity contribution in [2.75, 3.05) is 20.7 Å². The van der Waals surface area contributed by atoms with Gasteiger partial charge >= 0.3 is 5.97 Å². The Labute approximate surface area is 73.5 Å². The average molecular weight is 174 g/mol. The van der Waals surface area contributed by atoms with E-state index in [9.17, 15) is 4.79 Å². The number of methoxy groups -OCH3 is 1. The third-order valence-electron chi connectivity index (χ3n) is 1.78. The molecule has 0 rings (SSSR count). The lowest BCUT2D eigenvalue weighted by atomic mass is 10.1. The number of hydrogen-bond acceptors (Lipinski definition) is 4. The maximum atomic E-state index is 11.0. The highest BCUT2D eigenvalue weighted by Gasteiger charge is 2.15. The number of ether oxygens (including phenoxy) is 1. The van der Waals surface area contributed by atoms with E-state index in [-0.39, 0.29) is 12.0 Å². The fourth-order valence-corrected chi connectivity index (χ4v) is 1.02. The number of rotatable bonds is 6. The van der Waals surface area contributed by atoms with Crippen LogP contribution in [-0.4, -0.2) is 32.7 Å². The fourth-order valence-electron chi connectivity index (χ4n) is 1.02. The first-order valence-electron chi connectivity index (χ1n) is 4.21. The lowest BCUT2D eigenvalue weighted by Gasteiger charge is -2.12. The lowest BCUT2D eigenvalue weighted by molar-refractivity contribution is -0.143. The van der Waals surface area contributed by atoms with Gasteiger partial charge in [-0.05, 0) is 26.4 Å². The van der Waals surface area contributed by atoms with E-state index in [4.69, 9.17) is 5.73 Å². The molecule has 0 radical (unpaired) electrons. The maximum Gasteiger partial charge on any atom is 0.322 e. The fraction of sp³-hybridized carbons (Fsp3) is 0.875. The first-order chi connectivity index (χ1) is 5.76. The zero-order valence-corrected chi connectivity index (χ0v) is 7.80. The SMILES string of the molecule is CN[C@H](CCCCN)C(=O)OC. The summed E-state index contributed by atoms with van der Waals surface area (Å²) in [6, 6.07) is -0.179. The molecule has 0 heterocycles. The first kappa shape index (κ1) is 11.4. The largest absolute Gasteiger partial charge is 0.468 e. The van der Waals surface area contributed by atoms with Crippen LogP contribution in [0.15, 0.2) is 0 Å². The molecule has 0 aliphatic rings. The van der Waals surface area contributed by atoms with Crippen molar-refractivity contribution in [3.8, 4) is 0 Å². The first-order valence-corrected chi connectivity index (χ1v) is 4.21. The quantitative estimate of drug-likeness (QED) is 0.435. The Bertz CT molecular complexity index is 128. The summed E-state index contributed by atoms with van der Waals surface area (Å²) >= 11 is 0. The monoisotopic (exact) mass is 174 g/mol. The molecule has 3 N–H and O–H groups in total. The van der Waals surface area contributed by atoms with Gasteiger partial charge in [0.1, 0.15) is 6.04 Å². The van der Waals surface area contributed by atoms with Crippen LogP contribution in [0.2, 0.25) is 0 Å². The summed E-state index contributed by atoms with van der Waals surface area (Å²) in [4.78, 5) is 11.0. The minimum Gasteiger partial charge on any atom is -0.468 e. The van der Waals surface area contributed by atoms with E-state index in [1.165, 1.54) is 7.11 Å². The van der Waals surface area contributed by atoms with Crippen molar-refractivity contribution in [3.63, 3.8) is 0 Å². The summed E-state index contributed by atoms with van der Waals surface area (Å²) in [5.41, 5.74) is 5.33. The Hall–Kier alpha value is -0.610. The summed E-state index contributed by atoms with van der Waals surface area (Å²) in [6.07, 6.45) is 2.70. The van der Waals surface area contributed by atoms with Crippen LogP contribution in [0.1, 0.15) is 19.3 Å². The maximum absolute atomic E-state index is 11.0. The van der Waals surface area contributed by atoms with E-state index in [0.717, 1.165) is 19.3 Å². The van der Waals surface area contributed by atoms with Crippen LogP contribution >= 0.6 is 0 Å². The molecule has 0 saturated heterocycles. The minimum atomic E-state index is -0.200. The second-order valence-electron chi connectivity index (χ2n) is 2.65. The molecular formula is C8H18N2O2. The van der Waals surface area contributed by atoms with E-state index < -0.39 is 0 Å². The highest BCUT2D eigenvalue weighted by molar-refractivity contribution is 5.75. The van der Waals surface area contributed by atoms with Crippen LogP contribution in [0.25, 0.3) is 0 Å². The molecule has 0 spiro atoms. The number of carbonyl (C=O) groups excluding carboxylic acids is 1. The normalized spacial score (nSPS) is 12.6. The van der Waals surface area contributed by atoms with E-state index >= 15 is 0 Å². The molecule has 4 heteroatoms. The van der Waals surface area contributed by atoms with Crippen LogP contribution in [0.4, 0.5) is 0 Å². The van der Waals surface area contributed by atoms with Crippen molar-refractivity contribution in [2.45, 2.75) is 25.3 Å². The second-order valence-corrected chi connectivity index (χ2v) is 2.65. The van der Waals surface area contributed by atoms with Crippen molar-refractivity contribution in [1.82, 2.24) is 5.32 Å². The summed E-state index contributed by atoms with van der Waals surface area (Å²) < 4.78 is 4.60. The molecule has 0 fully saturated rings. The zero-order valence-electron chi connectivity index (χ0n) is 7.80. The Morgan fingerprint density at radius 3 is 2.67 bits per heavy atom. The smallest absolute Gasteiger partial charge is 0.322 e. The van der Waals surface area contributed by atoms with Crippen molar-refractivity contribution in [3.05, 3.63) is 0 Å². The van der Waals surface area contributed by atoms with Crippen molar-refractivity contribution >= 4 is 5.97 Å². The number of likely N-dealkylation sites (N-methyl/N-ethyl adjacent to an activating group) is 1. The van der Waals surface area contributed by atoms with Gasteiger partial charge in [-0.2, -0.15) is 0 Å². The molecule has 72 valence electrons. The Kier molecular flexibility index (Phi) is 6.70. The van der Waals surface area contributed by atoms with Gasteiger partial charge < -0.3 is 15.8 Å². The van der Waals surface area contributed by atoms with Gasteiger partial charge in [0.25, 0.3) is 0 Å². The highest BCUT2D eigenvalue weighted by atomic mass is 16.5. The summed E-state index contributed by atoms with van der Waals surface area (Å²) in [6.45, 7) is 0.678. The van der Waals surface area contributed by atoms with Gasteiger partial charge in [-0.15, -0.1) is 0 Å². The van der Waals surface area contributed by atoms with Crippen molar-refractivity contribution < 1.29 is 9.53 Å². The highest BCUT2D eigenvalue weighted by Crippen LogP contribution is 2.00. The van der Waals surface area contributed by atoms with Gasteiger partial charge in [0, 0.05) is 0 Å². The topological polar surface area (TPSA) is 64.3 Å². The van der Waals surface area contributed by atoms with Crippen LogP contribution in [0, 0.1) is 0 Å². The van der Waals surface area contributed by atoms with E-state index in [0.29, 0.717) is 6.54 Å². The molecule has 0 aliphatic carbocycles. The Balaban J connectivity index is 3.60. The van der Waals surface area contributed by atoms with Crippen molar-refractivity contribution in [2.24, 2.45) is 5.73 Å². The zero-order chi connectivity index (χ0) is 9.40. The summed E-state index contributed by atoms with van der Waals surface area (Å²) in [5, 5.41) is 2.90. The number of esters is 1. The Morgan fingerprint density at radius 2 is 2.25 bits per heavy atom. The Morgan fingerprint density at radius 1 is 1.58 bits per heavy atom. The van der Waals surface area contributed by atoms with Crippen LogP contribution in [0.3, 0.4) is 0 Å². The minimum absolute atomic E-state index is 0.179. The molecule has 0 saturated carbocycles. The van der Waals surface area contributed by atoms with Crippen molar-refractivity contribution in [1.29, 1.82) is 0 Å². The van der Waals surface area contributed by atoms with Gasteiger partial charge in [-0.25, -0.2) is 0 Å². The summed E-state index contributed by atoms with van der Waals surface area (Å²) in [5.74, 6) is -0.200. The standard InChI is InChI=1S/C8H18N2O2/c1-10-7(8(11)12-2)5-3-4-6-9/h7,10H,3-6,9H2,1-2H3/t7-/m1/s1. The molecular weight excluding hydrogens is 156 g/mol. The number of unbranched alkanes of at least 4 members (excludes halogenated alkanes) is 1. The second kappa shape index (κ2) is 7.06. The third kappa shape index (κ3) is 4.31. The molecule has 0 unspecified atom stereocenters. The molecule has 0 aromatic carbocycles. The molecule has 4 nitrogen and oxygen atoms in total. The molecule has 12 heavy (non-hydrogen) atoms. The van der Waals surface area contributed by atoms with Crippen LogP contribution in [0.5, 0.6) is 0 Å². The van der Waals surface area contributed by atoms with Gasteiger partial charge in [-0.1, -0.05) is 6.42 Å².